The van der Waals surface area contributed by atoms with Crippen molar-refractivity contribution in [2.75, 3.05) is 6.54 Å². The molecule has 1 aliphatic rings. The Balaban J connectivity index is 2.55. The van der Waals surface area contributed by atoms with Gasteiger partial charge in [-0.15, -0.1) is 0 Å². The standard InChI is InChI=1S/C10H15F3N2O3/c11-10(12,13)6(1-4-14)5-7(16)15-9(2-3-9)8(17)18/h6H,1-5,14H2,(H,15,16)(H,17,18). The first-order valence-electron chi connectivity index (χ1n) is 5.52. The second-order valence-electron chi connectivity index (χ2n) is 4.46. The van der Waals surface area contributed by atoms with E-state index in [1.165, 1.54) is 0 Å². The average molecular weight is 268 g/mol. The van der Waals surface area contributed by atoms with Crippen LogP contribution in [0.4, 0.5) is 13.2 Å². The molecule has 0 aromatic heterocycles. The fourth-order valence-electron chi connectivity index (χ4n) is 1.64. The van der Waals surface area contributed by atoms with Gasteiger partial charge in [-0.05, 0) is 25.8 Å². The summed E-state index contributed by atoms with van der Waals surface area (Å²) in [5.74, 6) is -3.93. The fourth-order valence-corrected chi connectivity index (χ4v) is 1.64. The first-order valence-corrected chi connectivity index (χ1v) is 5.52. The normalized spacial score (nSPS) is 19.1. The predicted molar refractivity (Wildman–Crippen MR) is 55.6 cm³/mol. The molecule has 0 bridgehead atoms. The third kappa shape index (κ3) is 3.59. The zero-order valence-corrected chi connectivity index (χ0v) is 9.59. The van der Waals surface area contributed by atoms with Crippen molar-refractivity contribution >= 4 is 11.9 Å². The summed E-state index contributed by atoms with van der Waals surface area (Å²) in [6, 6.07) is 0. The molecule has 1 unspecified atom stereocenters. The molecular formula is C10H15F3N2O3. The van der Waals surface area contributed by atoms with E-state index in [0.29, 0.717) is 0 Å². The lowest BCUT2D eigenvalue weighted by Gasteiger charge is -2.20. The van der Waals surface area contributed by atoms with Gasteiger partial charge in [0.25, 0.3) is 0 Å². The second-order valence-corrected chi connectivity index (χ2v) is 4.46. The predicted octanol–water partition coefficient (Wildman–Crippen LogP) is 0.637. The molecule has 0 aromatic rings. The van der Waals surface area contributed by atoms with Crippen LogP contribution < -0.4 is 11.1 Å². The molecule has 0 aliphatic heterocycles. The highest BCUT2D eigenvalue weighted by atomic mass is 19.4. The van der Waals surface area contributed by atoms with Gasteiger partial charge in [0, 0.05) is 6.42 Å². The minimum Gasteiger partial charge on any atom is -0.480 e. The van der Waals surface area contributed by atoms with Crippen molar-refractivity contribution in [1.82, 2.24) is 5.32 Å². The monoisotopic (exact) mass is 268 g/mol. The van der Waals surface area contributed by atoms with E-state index in [1.807, 2.05) is 0 Å². The Hall–Kier alpha value is -1.31. The largest absolute Gasteiger partial charge is 0.480 e. The number of halogens is 3. The van der Waals surface area contributed by atoms with Crippen LogP contribution in [-0.4, -0.2) is 35.2 Å². The summed E-state index contributed by atoms with van der Waals surface area (Å²) in [6.07, 6.45) is -5.13. The molecule has 5 nitrogen and oxygen atoms in total. The van der Waals surface area contributed by atoms with Crippen LogP contribution in [-0.2, 0) is 9.59 Å². The molecule has 104 valence electrons. The van der Waals surface area contributed by atoms with Crippen LogP contribution in [0.1, 0.15) is 25.7 Å². The molecule has 4 N–H and O–H groups in total. The van der Waals surface area contributed by atoms with Crippen molar-refractivity contribution in [3.05, 3.63) is 0 Å². The maximum atomic E-state index is 12.5. The SMILES string of the molecule is NCCC(CC(=O)NC1(C(=O)O)CC1)C(F)(F)F. The van der Waals surface area contributed by atoms with Crippen molar-refractivity contribution < 1.29 is 27.9 Å². The highest BCUT2D eigenvalue weighted by Crippen LogP contribution is 2.36. The average Bonchev–Trinajstić information content (AvgIpc) is 2.96. The third-order valence-corrected chi connectivity index (χ3v) is 2.95. The number of alkyl halides is 3. The Morgan fingerprint density at radius 1 is 1.39 bits per heavy atom. The Kier molecular flexibility index (Phi) is 4.20. The van der Waals surface area contributed by atoms with Gasteiger partial charge in [0.2, 0.25) is 5.91 Å². The first-order chi connectivity index (χ1) is 8.21. The number of carbonyl (C=O) groups excluding carboxylic acids is 1. The van der Waals surface area contributed by atoms with Crippen molar-refractivity contribution in [3.8, 4) is 0 Å². The Labute approximate surface area is 102 Å². The maximum Gasteiger partial charge on any atom is 0.392 e. The smallest absolute Gasteiger partial charge is 0.392 e. The third-order valence-electron chi connectivity index (χ3n) is 2.95. The van der Waals surface area contributed by atoms with Gasteiger partial charge in [-0.2, -0.15) is 13.2 Å². The van der Waals surface area contributed by atoms with E-state index >= 15 is 0 Å². The van der Waals surface area contributed by atoms with Crippen LogP contribution in [0, 0.1) is 5.92 Å². The molecule has 1 saturated carbocycles. The Morgan fingerprint density at radius 3 is 2.28 bits per heavy atom. The number of nitrogens with one attached hydrogen (secondary N) is 1. The van der Waals surface area contributed by atoms with Crippen LogP contribution >= 0.6 is 0 Å². The summed E-state index contributed by atoms with van der Waals surface area (Å²) < 4.78 is 37.6. The number of nitrogens with two attached hydrogens (primary N) is 1. The number of amides is 1. The quantitative estimate of drug-likeness (QED) is 0.659. The van der Waals surface area contributed by atoms with Gasteiger partial charge in [-0.1, -0.05) is 0 Å². The highest BCUT2D eigenvalue weighted by molar-refractivity contribution is 5.89. The van der Waals surface area contributed by atoms with E-state index in [4.69, 9.17) is 10.8 Å². The van der Waals surface area contributed by atoms with E-state index in [2.05, 4.69) is 5.32 Å². The van der Waals surface area contributed by atoms with E-state index in [-0.39, 0.29) is 25.8 Å². The molecule has 1 amide bonds. The zero-order valence-electron chi connectivity index (χ0n) is 9.59. The van der Waals surface area contributed by atoms with Gasteiger partial charge in [0.05, 0.1) is 5.92 Å². The molecule has 18 heavy (non-hydrogen) atoms. The molecule has 1 fully saturated rings. The van der Waals surface area contributed by atoms with E-state index in [0.717, 1.165) is 0 Å². The molecule has 0 heterocycles. The minimum atomic E-state index is -4.50. The molecule has 8 heteroatoms. The molecule has 1 rings (SSSR count). The van der Waals surface area contributed by atoms with Gasteiger partial charge >= 0.3 is 12.1 Å². The number of hydrogen-bond acceptors (Lipinski definition) is 3. The maximum absolute atomic E-state index is 12.5. The summed E-state index contributed by atoms with van der Waals surface area (Å²) in [5.41, 5.74) is 3.71. The number of hydrogen-bond donors (Lipinski definition) is 3. The van der Waals surface area contributed by atoms with Crippen LogP contribution in [0.15, 0.2) is 0 Å². The van der Waals surface area contributed by atoms with Gasteiger partial charge in [-0.3, -0.25) is 4.79 Å². The van der Waals surface area contributed by atoms with Crippen molar-refractivity contribution in [3.63, 3.8) is 0 Å². The van der Waals surface area contributed by atoms with Crippen LogP contribution in [0.3, 0.4) is 0 Å². The minimum absolute atomic E-state index is 0.179. The van der Waals surface area contributed by atoms with E-state index in [1.54, 1.807) is 0 Å². The van der Waals surface area contributed by atoms with Gasteiger partial charge in [0.1, 0.15) is 5.54 Å². The molecule has 0 radical (unpaired) electrons. The highest BCUT2D eigenvalue weighted by Gasteiger charge is 2.52. The number of carboxylic acids is 1. The Morgan fingerprint density at radius 2 is 1.94 bits per heavy atom. The zero-order chi connectivity index (χ0) is 14.0. The number of rotatable bonds is 6. The van der Waals surface area contributed by atoms with Crippen LogP contribution in [0.2, 0.25) is 0 Å². The van der Waals surface area contributed by atoms with E-state index in [9.17, 15) is 22.8 Å². The molecular weight excluding hydrogens is 253 g/mol. The van der Waals surface area contributed by atoms with Crippen molar-refractivity contribution in [2.24, 2.45) is 11.7 Å². The van der Waals surface area contributed by atoms with Gasteiger partial charge in [-0.25, -0.2) is 4.79 Å². The summed E-state index contributed by atoms with van der Waals surface area (Å²) in [7, 11) is 0. The first kappa shape index (κ1) is 14.7. The van der Waals surface area contributed by atoms with Crippen molar-refractivity contribution in [1.29, 1.82) is 0 Å². The summed E-state index contributed by atoms with van der Waals surface area (Å²) in [5, 5.41) is 10.9. The fraction of sp³-hybridized carbons (Fsp3) is 0.800. The summed E-state index contributed by atoms with van der Waals surface area (Å²) in [6.45, 7) is -0.179. The molecule has 0 spiro atoms. The van der Waals surface area contributed by atoms with Crippen LogP contribution in [0.25, 0.3) is 0 Å². The number of carbonyl (C=O) groups is 2. The number of carboxylic acid groups (broad SMARTS) is 1. The molecule has 1 atom stereocenters. The lowest BCUT2D eigenvalue weighted by atomic mass is 10.00. The lowest BCUT2D eigenvalue weighted by Crippen LogP contribution is -2.44. The molecule has 0 saturated heterocycles. The summed E-state index contributed by atoms with van der Waals surface area (Å²) in [4.78, 5) is 22.2. The molecule has 0 aromatic carbocycles. The lowest BCUT2D eigenvalue weighted by molar-refractivity contribution is -0.180. The molecule has 1 aliphatic carbocycles. The van der Waals surface area contributed by atoms with Crippen molar-refractivity contribution in [2.45, 2.75) is 37.4 Å². The van der Waals surface area contributed by atoms with Gasteiger partial charge in [0.15, 0.2) is 0 Å². The van der Waals surface area contributed by atoms with Crippen LogP contribution in [0.5, 0.6) is 0 Å². The summed E-state index contributed by atoms with van der Waals surface area (Å²) >= 11 is 0. The number of aliphatic carboxylic acids is 1. The Bertz CT molecular complexity index is 340. The second kappa shape index (κ2) is 5.13. The topological polar surface area (TPSA) is 92.4 Å². The van der Waals surface area contributed by atoms with E-state index < -0.39 is 35.9 Å². The van der Waals surface area contributed by atoms with Gasteiger partial charge < -0.3 is 16.2 Å².